The Morgan fingerprint density at radius 2 is 1.89 bits per heavy atom. The van der Waals surface area contributed by atoms with Crippen LogP contribution in [0.2, 0.25) is 0 Å². The SMILES string of the molecule is CC1(CC2(C)CC3OC3CC2C(=O)[O-])CCCCC1. The van der Waals surface area contributed by atoms with Gasteiger partial charge in [-0.2, -0.15) is 0 Å². The van der Waals surface area contributed by atoms with Gasteiger partial charge in [0.15, 0.2) is 0 Å². The van der Waals surface area contributed by atoms with Crippen molar-refractivity contribution in [1.29, 1.82) is 0 Å². The van der Waals surface area contributed by atoms with Gasteiger partial charge in [0.05, 0.1) is 12.2 Å². The molecule has 3 fully saturated rings. The molecule has 3 heteroatoms. The van der Waals surface area contributed by atoms with E-state index in [1.807, 2.05) is 0 Å². The van der Waals surface area contributed by atoms with Crippen molar-refractivity contribution in [1.82, 2.24) is 0 Å². The summed E-state index contributed by atoms with van der Waals surface area (Å²) in [6, 6.07) is 0. The molecule has 0 spiro atoms. The quantitative estimate of drug-likeness (QED) is 0.736. The zero-order valence-corrected chi connectivity index (χ0v) is 12.1. The molecule has 0 N–H and O–H groups in total. The van der Waals surface area contributed by atoms with E-state index in [2.05, 4.69) is 13.8 Å². The third-order valence-electron chi connectivity index (χ3n) is 5.84. The Bertz CT molecular complexity index is 372. The second-order valence-corrected chi connectivity index (χ2v) is 7.73. The van der Waals surface area contributed by atoms with E-state index in [0.717, 1.165) is 12.8 Å². The molecule has 0 aromatic heterocycles. The molecular weight excluding hydrogens is 240 g/mol. The Kier molecular flexibility index (Phi) is 3.16. The van der Waals surface area contributed by atoms with Crippen molar-refractivity contribution in [2.75, 3.05) is 0 Å². The third kappa shape index (κ3) is 2.54. The lowest BCUT2D eigenvalue weighted by Gasteiger charge is -2.47. The van der Waals surface area contributed by atoms with Crippen molar-refractivity contribution in [3.63, 3.8) is 0 Å². The first-order valence-electron chi connectivity index (χ1n) is 7.78. The monoisotopic (exact) mass is 265 g/mol. The summed E-state index contributed by atoms with van der Waals surface area (Å²) in [5.74, 6) is -1.19. The zero-order valence-electron chi connectivity index (χ0n) is 12.1. The van der Waals surface area contributed by atoms with E-state index in [1.165, 1.54) is 32.1 Å². The molecule has 1 aliphatic heterocycles. The number of aliphatic carboxylic acids is 1. The summed E-state index contributed by atoms with van der Waals surface area (Å²) in [4.78, 5) is 11.5. The summed E-state index contributed by atoms with van der Waals surface area (Å²) < 4.78 is 5.58. The van der Waals surface area contributed by atoms with Gasteiger partial charge in [-0.1, -0.05) is 33.1 Å². The average molecular weight is 265 g/mol. The van der Waals surface area contributed by atoms with E-state index in [-0.39, 0.29) is 17.4 Å². The standard InChI is InChI=1S/C16H26O3/c1-15(6-4-3-5-7-15)10-16(2)9-13-12(19-13)8-11(16)14(17)18/h11-13H,3-10H2,1-2H3,(H,17,18)/p-1. The molecule has 3 rings (SSSR count). The Hall–Kier alpha value is -0.570. The number of carbonyl (C=O) groups excluding carboxylic acids is 1. The van der Waals surface area contributed by atoms with Crippen molar-refractivity contribution in [2.45, 2.75) is 77.4 Å². The molecule has 0 bridgehead atoms. The Balaban J connectivity index is 1.76. The van der Waals surface area contributed by atoms with Crippen LogP contribution in [0.3, 0.4) is 0 Å². The van der Waals surface area contributed by atoms with Crippen molar-refractivity contribution in [3.8, 4) is 0 Å². The molecular formula is C16H25O3-. The summed E-state index contributed by atoms with van der Waals surface area (Å²) in [6.07, 6.45) is 9.55. The molecule has 3 aliphatic rings. The fourth-order valence-electron chi connectivity index (χ4n) is 4.82. The van der Waals surface area contributed by atoms with Gasteiger partial charge in [-0.3, -0.25) is 0 Å². The molecule has 0 amide bonds. The number of hydrogen-bond acceptors (Lipinski definition) is 3. The van der Waals surface area contributed by atoms with E-state index in [4.69, 9.17) is 4.74 Å². The van der Waals surface area contributed by atoms with E-state index >= 15 is 0 Å². The summed E-state index contributed by atoms with van der Waals surface area (Å²) >= 11 is 0. The van der Waals surface area contributed by atoms with Crippen LogP contribution in [0, 0.1) is 16.7 Å². The first-order valence-corrected chi connectivity index (χ1v) is 7.78. The van der Waals surface area contributed by atoms with Crippen LogP contribution in [-0.2, 0) is 9.53 Å². The van der Waals surface area contributed by atoms with Gasteiger partial charge in [0.1, 0.15) is 0 Å². The Labute approximate surface area is 115 Å². The summed E-state index contributed by atoms with van der Waals surface area (Å²) in [6.45, 7) is 4.51. The molecule has 2 aliphatic carbocycles. The lowest BCUT2D eigenvalue weighted by Crippen LogP contribution is -2.47. The molecule has 0 aromatic rings. The minimum absolute atomic E-state index is 0.136. The first-order chi connectivity index (χ1) is 8.92. The molecule has 1 heterocycles. The van der Waals surface area contributed by atoms with Gasteiger partial charge in [-0.15, -0.1) is 0 Å². The number of carbonyl (C=O) groups is 1. The van der Waals surface area contributed by atoms with Gasteiger partial charge in [0.2, 0.25) is 0 Å². The van der Waals surface area contributed by atoms with Gasteiger partial charge in [0.25, 0.3) is 0 Å². The fourth-order valence-corrected chi connectivity index (χ4v) is 4.82. The van der Waals surface area contributed by atoms with Crippen molar-refractivity contribution >= 4 is 5.97 Å². The van der Waals surface area contributed by atoms with Gasteiger partial charge in [0, 0.05) is 11.9 Å². The highest BCUT2D eigenvalue weighted by Gasteiger charge is 2.55. The number of carboxylic acid groups (broad SMARTS) is 1. The molecule has 4 unspecified atom stereocenters. The van der Waals surface area contributed by atoms with Crippen molar-refractivity contribution < 1.29 is 14.6 Å². The van der Waals surface area contributed by atoms with Crippen LogP contribution in [0.4, 0.5) is 0 Å². The van der Waals surface area contributed by atoms with Gasteiger partial charge < -0.3 is 14.6 Å². The zero-order chi connectivity index (χ0) is 13.7. The number of hydrogen-bond donors (Lipinski definition) is 0. The molecule has 0 aromatic carbocycles. The number of ether oxygens (including phenoxy) is 1. The number of rotatable bonds is 3. The summed E-state index contributed by atoms with van der Waals surface area (Å²) in [7, 11) is 0. The molecule has 4 atom stereocenters. The predicted molar refractivity (Wildman–Crippen MR) is 70.3 cm³/mol. The second-order valence-electron chi connectivity index (χ2n) is 7.73. The van der Waals surface area contributed by atoms with E-state index in [9.17, 15) is 9.90 Å². The third-order valence-corrected chi connectivity index (χ3v) is 5.84. The maximum atomic E-state index is 11.5. The predicted octanol–water partition coefficient (Wildman–Crippen LogP) is 2.28. The molecule has 108 valence electrons. The topological polar surface area (TPSA) is 52.7 Å². The molecule has 1 saturated heterocycles. The minimum atomic E-state index is -0.865. The fraction of sp³-hybridized carbons (Fsp3) is 0.938. The van der Waals surface area contributed by atoms with Crippen LogP contribution in [-0.4, -0.2) is 18.2 Å². The number of carboxylic acids is 1. The van der Waals surface area contributed by atoms with Crippen LogP contribution >= 0.6 is 0 Å². The molecule has 3 nitrogen and oxygen atoms in total. The van der Waals surface area contributed by atoms with Crippen molar-refractivity contribution in [3.05, 3.63) is 0 Å². The van der Waals surface area contributed by atoms with E-state index in [0.29, 0.717) is 17.9 Å². The lowest BCUT2D eigenvalue weighted by molar-refractivity contribution is -0.316. The first kappa shape index (κ1) is 13.4. The van der Waals surface area contributed by atoms with Crippen LogP contribution < -0.4 is 5.11 Å². The summed E-state index contributed by atoms with van der Waals surface area (Å²) in [5.41, 5.74) is 0.186. The Morgan fingerprint density at radius 1 is 1.21 bits per heavy atom. The van der Waals surface area contributed by atoms with Crippen LogP contribution in [0.25, 0.3) is 0 Å². The van der Waals surface area contributed by atoms with Crippen molar-refractivity contribution in [2.24, 2.45) is 16.7 Å². The molecule has 2 saturated carbocycles. The minimum Gasteiger partial charge on any atom is -0.550 e. The maximum absolute atomic E-state index is 11.5. The highest BCUT2D eigenvalue weighted by molar-refractivity contribution is 5.69. The smallest absolute Gasteiger partial charge is 0.0848 e. The number of fused-ring (bicyclic) bond motifs is 1. The maximum Gasteiger partial charge on any atom is 0.0848 e. The lowest BCUT2D eigenvalue weighted by atomic mass is 9.58. The Morgan fingerprint density at radius 3 is 2.53 bits per heavy atom. The molecule has 0 radical (unpaired) electrons. The summed E-state index contributed by atoms with van der Waals surface area (Å²) in [5, 5.41) is 11.5. The number of epoxide rings is 1. The van der Waals surface area contributed by atoms with Gasteiger partial charge in [-0.25, -0.2) is 0 Å². The highest BCUT2D eigenvalue weighted by atomic mass is 16.6. The van der Waals surface area contributed by atoms with Crippen LogP contribution in [0.5, 0.6) is 0 Å². The second kappa shape index (κ2) is 4.47. The average Bonchev–Trinajstić information content (AvgIpc) is 3.04. The van der Waals surface area contributed by atoms with Crippen LogP contribution in [0.15, 0.2) is 0 Å². The normalized spacial score (nSPS) is 44.4. The van der Waals surface area contributed by atoms with Gasteiger partial charge in [-0.05, 0) is 42.9 Å². The van der Waals surface area contributed by atoms with E-state index in [1.54, 1.807) is 0 Å². The van der Waals surface area contributed by atoms with E-state index < -0.39 is 5.97 Å². The molecule has 19 heavy (non-hydrogen) atoms. The van der Waals surface area contributed by atoms with Gasteiger partial charge >= 0.3 is 0 Å². The largest absolute Gasteiger partial charge is 0.550 e. The highest BCUT2D eigenvalue weighted by Crippen LogP contribution is 2.56. The van der Waals surface area contributed by atoms with Crippen LogP contribution in [0.1, 0.15) is 65.2 Å².